The minimum atomic E-state index is 0.115. The van der Waals surface area contributed by atoms with Gasteiger partial charge in [0.25, 0.3) is 0 Å². The molecule has 0 aliphatic rings. The molecule has 0 aromatic carbocycles. The summed E-state index contributed by atoms with van der Waals surface area (Å²) in [6.45, 7) is 8.62. The first-order chi connectivity index (χ1) is 9.17. The fourth-order valence-electron chi connectivity index (χ4n) is 1.79. The highest BCUT2D eigenvalue weighted by Gasteiger charge is 2.05. The van der Waals surface area contributed by atoms with Gasteiger partial charge in [-0.05, 0) is 25.8 Å². The van der Waals surface area contributed by atoms with Crippen LogP contribution in [0.5, 0.6) is 0 Å². The molecular weight excluding hydrogens is 240 g/mol. The number of nitrogens with zero attached hydrogens (tertiary/aromatic N) is 2. The molecule has 1 atom stereocenters. The van der Waals surface area contributed by atoms with Gasteiger partial charge in [-0.25, -0.2) is 0 Å². The van der Waals surface area contributed by atoms with E-state index in [1.54, 1.807) is 0 Å². The Labute approximate surface area is 115 Å². The maximum absolute atomic E-state index is 11.6. The van der Waals surface area contributed by atoms with Gasteiger partial charge in [-0.1, -0.05) is 13.8 Å². The van der Waals surface area contributed by atoms with Crippen molar-refractivity contribution in [3.8, 4) is 0 Å². The summed E-state index contributed by atoms with van der Waals surface area (Å²) in [5.41, 5.74) is 1.17. The minimum Gasteiger partial charge on any atom is -0.354 e. The highest BCUT2D eigenvalue weighted by atomic mass is 16.1. The van der Waals surface area contributed by atoms with Gasteiger partial charge in [-0.2, -0.15) is 5.10 Å². The molecule has 0 fully saturated rings. The third-order valence-corrected chi connectivity index (χ3v) is 3.09. The first-order valence-electron chi connectivity index (χ1n) is 7.18. The summed E-state index contributed by atoms with van der Waals surface area (Å²) in [5.74, 6) is 0.115. The lowest BCUT2D eigenvalue weighted by atomic mass is 10.2. The van der Waals surface area contributed by atoms with Gasteiger partial charge >= 0.3 is 0 Å². The lowest BCUT2D eigenvalue weighted by molar-refractivity contribution is -0.121. The Morgan fingerprint density at radius 1 is 1.47 bits per heavy atom. The smallest absolute Gasteiger partial charge is 0.221 e. The van der Waals surface area contributed by atoms with Gasteiger partial charge in [0.15, 0.2) is 0 Å². The second-order valence-corrected chi connectivity index (χ2v) is 4.85. The van der Waals surface area contributed by atoms with E-state index in [1.165, 1.54) is 5.69 Å². The molecule has 108 valence electrons. The van der Waals surface area contributed by atoms with Gasteiger partial charge in [-0.3, -0.25) is 9.48 Å². The van der Waals surface area contributed by atoms with E-state index in [0.29, 0.717) is 13.0 Å². The monoisotopic (exact) mass is 266 g/mol. The van der Waals surface area contributed by atoms with Crippen LogP contribution in [0.2, 0.25) is 0 Å². The van der Waals surface area contributed by atoms with Crippen molar-refractivity contribution in [2.24, 2.45) is 0 Å². The third-order valence-electron chi connectivity index (χ3n) is 3.09. The fourth-order valence-corrected chi connectivity index (χ4v) is 1.79. The summed E-state index contributed by atoms with van der Waals surface area (Å²) in [4.78, 5) is 11.6. The molecule has 0 aliphatic carbocycles. The van der Waals surface area contributed by atoms with Crippen molar-refractivity contribution in [3.63, 3.8) is 0 Å². The molecule has 1 rings (SSSR count). The van der Waals surface area contributed by atoms with Crippen LogP contribution < -0.4 is 10.6 Å². The van der Waals surface area contributed by atoms with Crippen molar-refractivity contribution >= 4 is 5.91 Å². The minimum absolute atomic E-state index is 0.115. The molecule has 19 heavy (non-hydrogen) atoms. The number of carbonyl (C=O) groups excluding carboxylic acids is 1. The largest absolute Gasteiger partial charge is 0.354 e. The number of aryl methyl sites for hydroxylation is 1. The highest BCUT2D eigenvalue weighted by Crippen LogP contribution is 1.99. The van der Waals surface area contributed by atoms with Gasteiger partial charge in [-0.15, -0.1) is 0 Å². The van der Waals surface area contributed by atoms with Crippen molar-refractivity contribution in [1.29, 1.82) is 0 Å². The van der Waals surface area contributed by atoms with E-state index in [2.05, 4.69) is 29.6 Å². The van der Waals surface area contributed by atoms with Crippen LogP contribution in [0.15, 0.2) is 12.3 Å². The Morgan fingerprint density at radius 3 is 2.95 bits per heavy atom. The zero-order chi connectivity index (χ0) is 14.1. The molecule has 0 spiro atoms. The molecule has 5 nitrogen and oxygen atoms in total. The summed E-state index contributed by atoms with van der Waals surface area (Å²) in [6.07, 6.45) is 4.38. The summed E-state index contributed by atoms with van der Waals surface area (Å²) < 4.78 is 2.01. The van der Waals surface area contributed by atoms with Crippen molar-refractivity contribution in [3.05, 3.63) is 18.0 Å². The molecule has 0 saturated heterocycles. The zero-order valence-corrected chi connectivity index (χ0v) is 12.3. The zero-order valence-electron chi connectivity index (χ0n) is 12.3. The average Bonchev–Trinajstić information content (AvgIpc) is 2.82. The van der Waals surface area contributed by atoms with Crippen molar-refractivity contribution in [2.75, 3.05) is 6.54 Å². The van der Waals surface area contributed by atoms with E-state index in [0.717, 1.165) is 25.9 Å². The van der Waals surface area contributed by atoms with E-state index in [9.17, 15) is 4.79 Å². The predicted molar refractivity (Wildman–Crippen MR) is 76.7 cm³/mol. The molecule has 5 heteroatoms. The maximum atomic E-state index is 11.6. The molecule has 0 aliphatic heterocycles. The Morgan fingerprint density at radius 2 is 2.26 bits per heavy atom. The Hall–Kier alpha value is -1.36. The van der Waals surface area contributed by atoms with Crippen LogP contribution in [0.1, 0.15) is 45.7 Å². The number of carbonyl (C=O) groups is 1. The average molecular weight is 266 g/mol. The third kappa shape index (κ3) is 5.87. The summed E-state index contributed by atoms with van der Waals surface area (Å²) in [7, 11) is 0. The summed E-state index contributed by atoms with van der Waals surface area (Å²) >= 11 is 0. The van der Waals surface area contributed by atoms with Crippen molar-refractivity contribution in [1.82, 2.24) is 20.4 Å². The van der Waals surface area contributed by atoms with Crippen LogP contribution in [0.25, 0.3) is 0 Å². The van der Waals surface area contributed by atoms with Gasteiger partial charge < -0.3 is 10.6 Å². The molecule has 1 heterocycles. The predicted octanol–water partition coefficient (Wildman–Crippen LogP) is 1.69. The molecule has 1 amide bonds. The number of hydrogen-bond donors (Lipinski definition) is 2. The van der Waals surface area contributed by atoms with E-state index in [1.807, 2.05) is 23.9 Å². The maximum Gasteiger partial charge on any atom is 0.221 e. The normalized spacial score (nSPS) is 12.4. The first-order valence-corrected chi connectivity index (χ1v) is 7.18. The van der Waals surface area contributed by atoms with E-state index in [4.69, 9.17) is 0 Å². The fraction of sp³-hybridized carbons (Fsp3) is 0.714. The first kappa shape index (κ1) is 15.7. The summed E-state index contributed by atoms with van der Waals surface area (Å²) in [5, 5.41) is 10.5. The van der Waals surface area contributed by atoms with Crippen LogP contribution in [-0.4, -0.2) is 28.3 Å². The molecule has 0 saturated carbocycles. The van der Waals surface area contributed by atoms with Crippen LogP contribution in [0.4, 0.5) is 0 Å². The lowest BCUT2D eigenvalue weighted by Gasteiger charge is -2.11. The number of hydrogen-bond acceptors (Lipinski definition) is 3. The second-order valence-electron chi connectivity index (χ2n) is 4.85. The van der Waals surface area contributed by atoms with Crippen LogP contribution >= 0.6 is 0 Å². The Kier molecular flexibility index (Phi) is 7.18. The molecule has 1 unspecified atom stereocenters. The lowest BCUT2D eigenvalue weighted by Crippen LogP contribution is -2.34. The van der Waals surface area contributed by atoms with E-state index in [-0.39, 0.29) is 11.9 Å². The summed E-state index contributed by atoms with van der Waals surface area (Å²) in [6, 6.07) is 2.28. The van der Waals surface area contributed by atoms with Gasteiger partial charge in [0.05, 0.1) is 5.69 Å². The number of amides is 1. The van der Waals surface area contributed by atoms with Crippen molar-refractivity contribution < 1.29 is 4.79 Å². The standard InChI is InChI=1S/C14H26N4O/c1-4-10-18-13(6-9-16-18)11-15-8-7-14(19)17-12(3)5-2/h6,9,12,15H,4-5,7-8,10-11H2,1-3H3,(H,17,19). The molecule has 0 radical (unpaired) electrons. The number of rotatable bonds is 9. The van der Waals surface area contributed by atoms with Crippen LogP contribution in [-0.2, 0) is 17.9 Å². The van der Waals surface area contributed by atoms with Gasteiger partial charge in [0.2, 0.25) is 5.91 Å². The van der Waals surface area contributed by atoms with Crippen LogP contribution in [0, 0.1) is 0 Å². The highest BCUT2D eigenvalue weighted by molar-refractivity contribution is 5.76. The topological polar surface area (TPSA) is 59.0 Å². The SMILES string of the molecule is CCCn1nccc1CNCCC(=O)NC(C)CC. The Bertz CT molecular complexity index is 375. The Balaban J connectivity index is 2.20. The molecule has 0 bridgehead atoms. The van der Waals surface area contributed by atoms with Gasteiger partial charge in [0.1, 0.15) is 0 Å². The molecule has 1 aromatic rings. The quantitative estimate of drug-likeness (QED) is 0.669. The number of nitrogens with one attached hydrogen (secondary N) is 2. The van der Waals surface area contributed by atoms with Crippen molar-refractivity contribution in [2.45, 2.75) is 59.2 Å². The number of aromatic nitrogens is 2. The molecule has 2 N–H and O–H groups in total. The van der Waals surface area contributed by atoms with E-state index < -0.39 is 0 Å². The second kappa shape index (κ2) is 8.69. The molecular formula is C14H26N4O. The van der Waals surface area contributed by atoms with E-state index >= 15 is 0 Å². The van der Waals surface area contributed by atoms with Crippen LogP contribution in [0.3, 0.4) is 0 Å². The molecule has 1 aromatic heterocycles. The van der Waals surface area contributed by atoms with Gasteiger partial charge in [0, 0.05) is 38.3 Å².